The van der Waals surface area contributed by atoms with Crippen LogP contribution in [0.4, 0.5) is 5.82 Å². The van der Waals surface area contributed by atoms with E-state index in [2.05, 4.69) is 60.6 Å². The standard InChI is InChI=1S/C22H28N4O2/c1-15-19(16(2)28-25-15)10-11-21(27)24-20-12-13-23-26(20)14-17-6-8-18(9-7-17)22(3,4)5/h6-9,12-13H,10-11,14H2,1-5H3,(H,24,27). The summed E-state index contributed by atoms with van der Waals surface area (Å²) in [5.74, 6) is 1.42. The number of benzene rings is 1. The summed E-state index contributed by atoms with van der Waals surface area (Å²) in [6.07, 6.45) is 2.68. The van der Waals surface area contributed by atoms with Crippen molar-refractivity contribution in [1.29, 1.82) is 0 Å². The van der Waals surface area contributed by atoms with Gasteiger partial charge < -0.3 is 9.84 Å². The Kier molecular flexibility index (Phi) is 5.68. The molecule has 28 heavy (non-hydrogen) atoms. The molecule has 0 spiro atoms. The molecule has 0 aliphatic carbocycles. The van der Waals surface area contributed by atoms with E-state index in [0.717, 1.165) is 22.6 Å². The number of aromatic nitrogens is 3. The molecule has 0 aliphatic heterocycles. The molecule has 1 amide bonds. The monoisotopic (exact) mass is 380 g/mol. The molecule has 3 aromatic rings. The summed E-state index contributed by atoms with van der Waals surface area (Å²) in [6.45, 7) is 11.0. The van der Waals surface area contributed by atoms with Crippen molar-refractivity contribution >= 4 is 11.7 Å². The number of aryl methyl sites for hydroxylation is 2. The predicted molar refractivity (Wildman–Crippen MR) is 109 cm³/mol. The quantitative estimate of drug-likeness (QED) is 0.688. The minimum absolute atomic E-state index is 0.0511. The summed E-state index contributed by atoms with van der Waals surface area (Å²) >= 11 is 0. The van der Waals surface area contributed by atoms with Crippen molar-refractivity contribution in [2.45, 2.75) is 59.4 Å². The SMILES string of the molecule is Cc1noc(C)c1CCC(=O)Nc1ccnn1Cc1ccc(C(C)(C)C)cc1. The summed E-state index contributed by atoms with van der Waals surface area (Å²) in [5.41, 5.74) is 4.41. The van der Waals surface area contributed by atoms with Gasteiger partial charge >= 0.3 is 0 Å². The van der Waals surface area contributed by atoms with Crippen LogP contribution >= 0.6 is 0 Å². The zero-order chi connectivity index (χ0) is 20.3. The number of nitrogens with one attached hydrogen (secondary N) is 1. The first kappa shape index (κ1) is 19.9. The number of hydrogen-bond donors (Lipinski definition) is 1. The van der Waals surface area contributed by atoms with Gasteiger partial charge in [0.2, 0.25) is 5.91 Å². The largest absolute Gasteiger partial charge is 0.361 e. The first-order valence-electron chi connectivity index (χ1n) is 9.57. The molecule has 148 valence electrons. The van der Waals surface area contributed by atoms with Crippen LogP contribution < -0.4 is 5.32 Å². The first-order chi connectivity index (χ1) is 13.2. The van der Waals surface area contributed by atoms with Crippen molar-refractivity contribution in [1.82, 2.24) is 14.9 Å². The number of carbonyl (C=O) groups excluding carboxylic acids is 1. The molecule has 0 atom stereocenters. The van der Waals surface area contributed by atoms with E-state index < -0.39 is 0 Å². The molecule has 1 N–H and O–H groups in total. The summed E-state index contributed by atoms with van der Waals surface area (Å²) in [6, 6.07) is 10.4. The number of hydrogen-bond acceptors (Lipinski definition) is 4. The highest BCUT2D eigenvalue weighted by Gasteiger charge is 2.14. The lowest BCUT2D eigenvalue weighted by Crippen LogP contribution is -2.17. The van der Waals surface area contributed by atoms with E-state index in [1.807, 2.05) is 19.9 Å². The van der Waals surface area contributed by atoms with Crippen molar-refractivity contribution < 1.29 is 9.32 Å². The molecular formula is C22H28N4O2. The van der Waals surface area contributed by atoms with Crippen LogP contribution in [0.1, 0.15) is 55.3 Å². The fourth-order valence-corrected chi connectivity index (χ4v) is 3.15. The number of amides is 1. The van der Waals surface area contributed by atoms with Gasteiger partial charge in [-0.2, -0.15) is 5.10 Å². The van der Waals surface area contributed by atoms with Crippen LogP contribution in [-0.2, 0) is 23.2 Å². The number of rotatable bonds is 6. The minimum atomic E-state index is -0.0511. The minimum Gasteiger partial charge on any atom is -0.361 e. The molecule has 0 saturated carbocycles. The van der Waals surface area contributed by atoms with Gasteiger partial charge in [0.15, 0.2) is 0 Å². The molecule has 0 saturated heterocycles. The van der Waals surface area contributed by atoms with E-state index in [1.54, 1.807) is 10.9 Å². The van der Waals surface area contributed by atoms with Crippen molar-refractivity contribution in [2.24, 2.45) is 0 Å². The third kappa shape index (κ3) is 4.68. The Morgan fingerprint density at radius 2 is 1.86 bits per heavy atom. The maximum absolute atomic E-state index is 12.4. The Hall–Kier alpha value is -2.89. The van der Waals surface area contributed by atoms with Gasteiger partial charge in [0.25, 0.3) is 0 Å². The molecule has 3 rings (SSSR count). The van der Waals surface area contributed by atoms with Gasteiger partial charge in [-0.25, -0.2) is 4.68 Å². The van der Waals surface area contributed by atoms with Crippen LogP contribution in [0.2, 0.25) is 0 Å². The van der Waals surface area contributed by atoms with E-state index in [1.165, 1.54) is 5.56 Å². The first-order valence-corrected chi connectivity index (χ1v) is 9.57. The summed E-state index contributed by atoms with van der Waals surface area (Å²) < 4.78 is 6.96. The molecule has 0 radical (unpaired) electrons. The van der Waals surface area contributed by atoms with Crippen LogP contribution in [0.3, 0.4) is 0 Å². The fourth-order valence-electron chi connectivity index (χ4n) is 3.15. The second-order valence-corrected chi connectivity index (χ2v) is 8.17. The van der Waals surface area contributed by atoms with Gasteiger partial charge in [-0.05, 0) is 36.8 Å². The Morgan fingerprint density at radius 3 is 2.46 bits per heavy atom. The molecule has 2 aromatic heterocycles. The van der Waals surface area contributed by atoms with Gasteiger partial charge in [-0.3, -0.25) is 4.79 Å². The molecule has 1 aromatic carbocycles. The van der Waals surface area contributed by atoms with E-state index in [0.29, 0.717) is 25.2 Å². The van der Waals surface area contributed by atoms with E-state index in [4.69, 9.17) is 4.52 Å². The van der Waals surface area contributed by atoms with Crippen molar-refractivity contribution in [3.63, 3.8) is 0 Å². The molecule has 0 bridgehead atoms. The van der Waals surface area contributed by atoms with Gasteiger partial charge in [-0.15, -0.1) is 0 Å². The zero-order valence-electron chi connectivity index (χ0n) is 17.2. The third-order valence-electron chi connectivity index (χ3n) is 4.92. The van der Waals surface area contributed by atoms with E-state index in [-0.39, 0.29) is 11.3 Å². The van der Waals surface area contributed by atoms with Crippen LogP contribution in [0.25, 0.3) is 0 Å². The topological polar surface area (TPSA) is 73.0 Å². The maximum atomic E-state index is 12.4. The normalized spacial score (nSPS) is 11.6. The average molecular weight is 380 g/mol. The van der Waals surface area contributed by atoms with Gasteiger partial charge in [0, 0.05) is 18.1 Å². The third-order valence-corrected chi connectivity index (χ3v) is 4.92. The highest BCUT2D eigenvalue weighted by Crippen LogP contribution is 2.23. The Morgan fingerprint density at radius 1 is 1.14 bits per heavy atom. The Labute approximate surface area is 165 Å². The number of carbonyl (C=O) groups is 1. The smallest absolute Gasteiger partial charge is 0.225 e. The van der Waals surface area contributed by atoms with Crippen molar-refractivity contribution in [3.8, 4) is 0 Å². The van der Waals surface area contributed by atoms with Gasteiger partial charge in [-0.1, -0.05) is 50.2 Å². The fraction of sp³-hybridized carbons (Fsp3) is 0.409. The molecule has 0 fully saturated rings. The highest BCUT2D eigenvalue weighted by atomic mass is 16.5. The maximum Gasteiger partial charge on any atom is 0.225 e. The highest BCUT2D eigenvalue weighted by molar-refractivity contribution is 5.90. The lowest BCUT2D eigenvalue weighted by molar-refractivity contribution is -0.116. The van der Waals surface area contributed by atoms with E-state index in [9.17, 15) is 4.79 Å². The Balaban J connectivity index is 1.61. The Bertz CT molecular complexity index is 926. The summed E-state index contributed by atoms with van der Waals surface area (Å²) in [4.78, 5) is 12.4. The van der Waals surface area contributed by atoms with Crippen molar-refractivity contribution in [2.75, 3.05) is 5.32 Å². The second kappa shape index (κ2) is 8.00. The second-order valence-electron chi connectivity index (χ2n) is 8.17. The molecule has 6 heteroatoms. The van der Waals surface area contributed by atoms with Crippen LogP contribution in [-0.4, -0.2) is 20.8 Å². The molecule has 6 nitrogen and oxygen atoms in total. The zero-order valence-corrected chi connectivity index (χ0v) is 17.2. The number of anilines is 1. The lowest BCUT2D eigenvalue weighted by atomic mass is 9.87. The predicted octanol–water partition coefficient (Wildman–Crippen LogP) is 4.41. The van der Waals surface area contributed by atoms with Crippen LogP contribution in [0, 0.1) is 13.8 Å². The molecule has 0 unspecified atom stereocenters. The van der Waals surface area contributed by atoms with Gasteiger partial charge in [0.05, 0.1) is 18.4 Å². The molecule has 2 heterocycles. The van der Waals surface area contributed by atoms with Crippen molar-refractivity contribution in [3.05, 3.63) is 64.7 Å². The molecular weight excluding hydrogens is 352 g/mol. The summed E-state index contributed by atoms with van der Waals surface area (Å²) in [7, 11) is 0. The van der Waals surface area contributed by atoms with Crippen LogP contribution in [0.5, 0.6) is 0 Å². The number of nitrogens with zero attached hydrogens (tertiary/aromatic N) is 3. The van der Waals surface area contributed by atoms with Crippen LogP contribution in [0.15, 0.2) is 41.1 Å². The summed E-state index contributed by atoms with van der Waals surface area (Å²) in [5, 5.41) is 11.2. The van der Waals surface area contributed by atoms with E-state index >= 15 is 0 Å². The lowest BCUT2D eigenvalue weighted by Gasteiger charge is -2.19. The molecule has 0 aliphatic rings. The average Bonchev–Trinajstić information content (AvgIpc) is 3.19. The van der Waals surface area contributed by atoms with Gasteiger partial charge in [0.1, 0.15) is 11.6 Å².